The number of nitrogens with zero attached hydrogens (tertiary/aromatic N) is 8. The minimum atomic E-state index is 0.490. The highest BCUT2D eigenvalue weighted by molar-refractivity contribution is 5.45. The second-order valence-corrected chi connectivity index (χ2v) is 4.15. The van der Waals surface area contributed by atoms with Gasteiger partial charge in [-0.15, -0.1) is 10.2 Å². The monoisotopic (exact) mass is 256 g/mol. The molecule has 3 aromatic heterocycles. The van der Waals surface area contributed by atoms with E-state index in [1.165, 1.54) is 11.1 Å². The Morgan fingerprint density at radius 2 is 2.16 bits per heavy atom. The molecular formula is C11H12N8. The minimum absolute atomic E-state index is 0.490. The fraction of sp³-hybridized carbons (Fsp3) is 0.273. The number of tetrazole rings is 1. The first-order valence-electron chi connectivity index (χ1n) is 5.75. The molecule has 96 valence electrons. The van der Waals surface area contributed by atoms with E-state index in [9.17, 15) is 0 Å². The third-order valence-corrected chi connectivity index (χ3v) is 2.69. The summed E-state index contributed by atoms with van der Waals surface area (Å²) in [5.74, 6) is 0.490. The van der Waals surface area contributed by atoms with E-state index in [0.717, 1.165) is 11.3 Å². The van der Waals surface area contributed by atoms with E-state index in [4.69, 9.17) is 0 Å². The lowest BCUT2D eigenvalue weighted by Crippen LogP contribution is -2.04. The highest BCUT2D eigenvalue weighted by Crippen LogP contribution is 2.09. The number of rotatable bonds is 3. The predicted octanol–water partition coefficient (Wildman–Crippen LogP) is 0.220. The Bertz CT molecular complexity index is 684. The molecule has 8 heteroatoms. The van der Waals surface area contributed by atoms with Gasteiger partial charge in [0, 0.05) is 25.0 Å². The fourth-order valence-electron chi connectivity index (χ4n) is 1.79. The van der Waals surface area contributed by atoms with Crippen LogP contribution in [-0.2, 0) is 13.6 Å². The molecule has 0 bridgehead atoms. The zero-order valence-corrected chi connectivity index (χ0v) is 10.6. The van der Waals surface area contributed by atoms with Crippen LogP contribution in [-0.4, -0.2) is 40.0 Å². The summed E-state index contributed by atoms with van der Waals surface area (Å²) in [4.78, 5) is 9.47. The average Bonchev–Trinajstić information content (AvgIpc) is 2.99. The molecule has 3 heterocycles. The predicted molar refractivity (Wildman–Crippen MR) is 65.9 cm³/mol. The fourth-order valence-corrected chi connectivity index (χ4v) is 1.79. The van der Waals surface area contributed by atoms with Crippen LogP contribution < -0.4 is 0 Å². The van der Waals surface area contributed by atoms with Gasteiger partial charge in [-0.1, -0.05) is 0 Å². The largest absolute Gasteiger partial charge is 0.275 e. The number of aromatic nitrogens is 8. The molecule has 0 aliphatic heterocycles. The average molecular weight is 256 g/mol. The lowest BCUT2D eigenvalue weighted by atomic mass is 10.3. The Balaban J connectivity index is 1.84. The minimum Gasteiger partial charge on any atom is -0.275 e. The van der Waals surface area contributed by atoms with Gasteiger partial charge in [0.2, 0.25) is 5.82 Å². The molecule has 8 nitrogen and oxygen atoms in total. The molecule has 19 heavy (non-hydrogen) atoms. The molecule has 0 saturated carbocycles. The summed E-state index contributed by atoms with van der Waals surface area (Å²) in [6.45, 7) is 2.50. The maximum absolute atomic E-state index is 4.29. The van der Waals surface area contributed by atoms with Crippen molar-refractivity contribution in [1.82, 2.24) is 40.0 Å². The van der Waals surface area contributed by atoms with Crippen molar-refractivity contribution in [2.75, 3.05) is 0 Å². The number of aryl methyl sites for hydroxylation is 2. The van der Waals surface area contributed by atoms with Gasteiger partial charge in [-0.05, 0) is 18.2 Å². The normalized spacial score (nSPS) is 10.8. The van der Waals surface area contributed by atoms with E-state index in [0.29, 0.717) is 18.1 Å². The molecular weight excluding hydrogens is 244 g/mol. The molecule has 0 atom stereocenters. The lowest BCUT2D eigenvalue weighted by Gasteiger charge is -1.95. The highest BCUT2D eigenvalue weighted by Gasteiger charge is 2.09. The van der Waals surface area contributed by atoms with Gasteiger partial charge < -0.3 is 0 Å². The van der Waals surface area contributed by atoms with Gasteiger partial charge in [0.25, 0.3) is 0 Å². The Kier molecular flexibility index (Phi) is 2.75. The molecule has 0 aliphatic carbocycles. The Hall–Kier alpha value is -2.64. The van der Waals surface area contributed by atoms with Crippen molar-refractivity contribution >= 4 is 0 Å². The topological polar surface area (TPSA) is 87.2 Å². The van der Waals surface area contributed by atoms with Crippen LogP contribution in [0, 0.1) is 6.92 Å². The summed E-state index contributed by atoms with van der Waals surface area (Å²) in [7, 11) is 1.89. The molecule has 0 aromatic carbocycles. The third kappa shape index (κ3) is 2.32. The van der Waals surface area contributed by atoms with Crippen LogP contribution in [0.25, 0.3) is 11.5 Å². The standard InChI is InChI=1S/C11H12N8/c1-8-9(5-18(2)15-8)6-19-16-11(14-17-19)10-3-4-12-7-13-10/h3-5,7H,6H2,1-2H3. The lowest BCUT2D eigenvalue weighted by molar-refractivity contribution is 0.571. The first kappa shape index (κ1) is 11.5. The summed E-state index contributed by atoms with van der Waals surface area (Å²) in [6, 6.07) is 1.75. The van der Waals surface area contributed by atoms with Gasteiger partial charge in [0.15, 0.2) is 0 Å². The molecule has 0 saturated heterocycles. The van der Waals surface area contributed by atoms with Gasteiger partial charge >= 0.3 is 0 Å². The van der Waals surface area contributed by atoms with E-state index in [1.54, 1.807) is 16.9 Å². The Morgan fingerprint density at radius 1 is 1.26 bits per heavy atom. The van der Waals surface area contributed by atoms with Crippen LogP contribution in [0.1, 0.15) is 11.3 Å². The molecule has 3 aromatic rings. The summed E-state index contributed by atoms with van der Waals surface area (Å²) < 4.78 is 1.77. The van der Waals surface area contributed by atoms with Crippen molar-refractivity contribution in [3.05, 3.63) is 36.0 Å². The molecule has 3 rings (SSSR count). The van der Waals surface area contributed by atoms with E-state index in [1.807, 2.05) is 20.2 Å². The summed E-state index contributed by atoms with van der Waals surface area (Å²) >= 11 is 0. The third-order valence-electron chi connectivity index (χ3n) is 2.69. The zero-order chi connectivity index (χ0) is 13.2. The quantitative estimate of drug-likeness (QED) is 0.666. The van der Waals surface area contributed by atoms with Crippen LogP contribution in [0.4, 0.5) is 0 Å². The van der Waals surface area contributed by atoms with E-state index >= 15 is 0 Å². The van der Waals surface area contributed by atoms with Gasteiger partial charge in [0.1, 0.15) is 12.0 Å². The smallest absolute Gasteiger partial charge is 0.223 e. The van der Waals surface area contributed by atoms with Crippen molar-refractivity contribution in [2.45, 2.75) is 13.5 Å². The second-order valence-electron chi connectivity index (χ2n) is 4.15. The molecule has 0 spiro atoms. The first-order chi connectivity index (χ1) is 9.22. The molecule has 0 unspecified atom stereocenters. The van der Waals surface area contributed by atoms with Gasteiger partial charge in [0.05, 0.1) is 12.2 Å². The van der Waals surface area contributed by atoms with Crippen LogP contribution >= 0.6 is 0 Å². The number of hydrogen-bond acceptors (Lipinski definition) is 6. The van der Waals surface area contributed by atoms with Crippen molar-refractivity contribution < 1.29 is 0 Å². The molecule has 0 amide bonds. The van der Waals surface area contributed by atoms with E-state index in [-0.39, 0.29) is 0 Å². The van der Waals surface area contributed by atoms with Gasteiger partial charge in [-0.3, -0.25) is 4.68 Å². The Labute approximate surface area is 109 Å². The van der Waals surface area contributed by atoms with Crippen LogP contribution in [0.2, 0.25) is 0 Å². The zero-order valence-electron chi connectivity index (χ0n) is 10.6. The summed E-state index contributed by atoms with van der Waals surface area (Å²) in [5, 5.41) is 16.6. The van der Waals surface area contributed by atoms with Crippen molar-refractivity contribution in [1.29, 1.82) is 0 Å². The summed E-state index contributed by atoms with van der Waals surface area (Å²) in [5.41, 5.74) is 2.68. The van der Waals surface area contributed by atoms with Crippen LogP contribution in [0.15, 0.2) is 24.8 Å². The van der Waals surface area contributed by atoms with E-state index in [2.05, 4.69) is 30.5 Å². The first-order valence-corrected chi connectivity index (χ1v) is 5.75. The van der Waals surface area contributed by atoms with Crippen molar-refractivity contribution in [3.63, 3.8) is 0 Å². The second kappa shape index (κ2) is 4.56. The van der Waals surface area contributed by atoms with Crippen molar-refractivity contribution in [3.8, 4) is 11.5 Å². The molecule has 0 N–H and O–H groups in total. The number of hydrogen-bond donors (Lipinski definition) is 0. The van der Waals surface area contributed by atoms with Gasteiger partial charge in [-0.25, -0.2) is 9.97 Å². The maximum atomic E-state index is 4.29. The van der Waals surface area contributed by atoms with Gasteiger partial charge in [-0.2, -0.15) is 9.90 Å². The molecule has 0 fully saturated rings. The summed E-state index contributed by atoms with van der Waals surface area (Å²) in [6.07, 6.45) is 5.05. The van der Waals surface area contributed by atoms with Crippen LogP contribution in [0.5, 0.6) is 0 Å². The Morgan fingerprint density at radius 3 is 2.84 bits per heavy atom. The van der Waals surface area contributed by atoms with Crippen LogP contribution in [0.3, 0.4) is 0 Å². The molecule has 0 aliphatic rings. The molecule has 0 radical (unpaired) electrons. The van der Waals surface area contributed by atoms with E-state index < -0.39 is 0 Å². The SMILES string of the molecule is Cc1nn(C)cc1Cn1nnc(-c2ccncn2)n1. The highest BCUT2D eigenvalue weighted by atomic mass is 15.6. The maximum Gasteiger partial charge on any atom is 0.223 e. The van der Waals surface area contributed by atoms with Crippen molar-refractivity contribution in [2.24, 2.45) is 7.05 Å².